The van der Waals surface area contributed by atoms with Gasteiger partial charge >= 0.3 is 0 Å². The van der Waals surface area contributed by atoms with Crippen molar-refractivity contribution in [1.82, 2.24) is 0 Å². The molecule has 0 aliphatic heterocycles. The molecular formula is C13H13BrO2S. The highest BCUT2D eigenvalue weighted by molar-refractivity contribution is 9.10. The normalized spacial score (nSPS) is 12.4. The molecule has 1 heterocycles. The Morgan fingerprint density at radius 3 is 2.88 bits per heavy atom. The first-order valence-corrected chi connectivity index (χ1v) is 7.02. The third-order valence-electron chi connectivity index (χ3n) is 2.40. The molecule has 1 aromatic heterocycles. The van der Waals surface area contributed by atoms with E-state index in [4.69, 9.17) is 4.74 Å². The van der Waals surface area contributed by atoms with E-state index in [9.17, 15) is 5.11 Å². The number of halogens is 1. The summed E-state index contributed by atoms with van der Waals surface area (Å²) < 4.78 is 6.69. The van der Waals surface area contributed by atoms with Crippen molar-refractivity contribution in [2.75, 3.05) is 0 Å². The van der Waals surface area contributed by atoms with Crippen LogP contribution >= 0.6 is 27.3 Å². The van der Waals surface area contributed by atoms with Crippen molar-refractivity contribution in [1.29, 1.82) is 0 Å². The van der Waals surface area contributed by atoms with E-state index >= 15 is 0 Å². The highest BCUT2D eigenvalue weighted by Crippen LogP contribution is 2.29. The maximum atomic E-state index is 9.66. The molecule has 0 aliphatic rings. The lowest BCUT2D eigenvalue weighted by molar-refractivity contribution is 0.190. The summed E-state index contributed by atoms with van der Waals surface area (Å²) in [5, 5.41) is 13.7. The molecule has 17 heavy (non-hydrogen) atoms. The molecule has 0 bridgehead atoms. The zero-order valence-electron chi connectivity index (χ0n) is 9.39. The van der Waals surface area contributed by atoms with Gasteiger partial charge < -0.3 is 9.84 Å². The summed E-state index contributed by atoms with van der Waals surface area (Å²) >= 11 is 5.05. The van der Waals surface area contributed by atoms with E-state index in [2.05, 4.69) is 21.3 Å². The molecule has 0 aliphatic carbocycles. The quantitative estimate of drug-likeness (QED) is 0.919. The van der Waals surface area contributed by atoms with Gasteiger partial charge in [0.25, 0.3) is 0 Å². The van der Waals surface area contributed by atoms with Crippen LogP contribution in [-0.4, -0.2) is 5.11 Å². The summed E-state index contributed by atoms with van der Waals surface area (Å²) in [6.45, 7) is 2.26. The number of rotatable bonds is 4. The van der Waals surface area contributed by atoms with E-state index in [1.165, 1.54) is 0 Å². The fourth-order valence-corrected chi connectivity index (χ4v) is 2.51. The molecule has 0 saturated heterocycles. The molecule has 4 heteroatoms. The van der Waals surface area contributed by atoms with E-state index < -0.39 is 6.10 Å². The number of hydrogen-bond donors (Lipinski definition) is 1. The second kappa shape index (κ2) is 5.67. The Kier molecular flexibility index (Phi) is 4.20. The van der Waals surface area contributed by atoms with E-state index in [-0.39, 0.29) is 0 Å². The highest BCUT2D eigenvalue weighted by atomic mass is 79.9. The van der Waals surface area contributed by atoms with Crippen LogP contribution in [0.2, 0.25) is 0 Å². The van der Waals surface area contributed by atoms with Crippen molar-refractivity contribution in [3.8, 4) is 5.75 Å². The largest absolute Gasteiger partial charge is 0.488 e. The average molecular weight is 313 g/mol. The number of thiophene rings is 1. The fraction of sp³-hybridized carbons (Fsp3) is 0.231. The van der Waals surface area contributed by atoms with Crippen molar-refractivity contribution < 1.29 is 9.84 Å². The van der Waals surface area contributed by atoms with Gasteiger partial charge in [0.05, 0.1) is 6.10 Å². The Balaban J connectivity index is 2.16. The minimum atomic E-state index is -0.527. The first-order chi connectivity index (χ1) is 8.16. The Labute approximate surface area is 113 Å². The van der Waals surface area contributed by atoms with Crippen molar-refractivity contribution in [3.63, 3.8) is 0 Å². The van der Waals surface area contributed by atoms with Gasteiger partial charge in [-0.25, -0.2) is 0 Å². The number of hydrogen-bond acceptors (Lipinski definition) is 3. The van der Waals surface area contributed by atoms with E-state index in [1.807, 2.05) is 29.6 Å². The lowest BCUT2D eigenvalue weighted by atomic mass is 10.1. The van der Waals surface area contributed by atoms with Crippen molar-refractivity contribution in [2.24, 2.45) is 0 Å². The van der Waals surface area contributed by atoms with Crippen LogP contribution in [0.3, 0.4) is 0 Å². The molecule has 1 aromatic carbocycles. The van der Waals surface area contributed by atoms with Gasteiger partial charge in [0, 0.05) is 10.0 Å². The van der Waals surface area contributed by atoms with Gasteiger partial charge in [0.15, 0.2) is 0 Å². The zero-order chi connectivity index (χ0) is 12.3. The highest BCUT2D eigenvalue weighted by Gasteiger charge is 2.09. The predicted molar refractivity (Wildman–Crippen MR) is 73.4 cm³/mol. The predicted octanol–water partition coefficient (Wildman–Crippen LogP) is 4.14. The monoisotopic (exact) mass is 312 g/mol. The Bertz CT molecular complexity index is 480. The first-order valence-electron chi connectivity index (χ1n) is 5.28. The summed E-state index contributed by atoms with van der Waals surface area (Å²) in [4.78, 5) is 0. The van der Waals surface area contributed by atoms with Crippen LogP contribution in [0.25, 0.3) is 0 Å². The number of aliphatic hydroxyl groups is 1. The third-order valence-corrected chi connectivity index (χ3v) is 3.63. The Morgan fingerprint density at radius 1 is 1.41 bits per heavy atom. The van der Waals surface area contributed by atoms with Gasteiger partial charge in [-0.15, -0.1) is 0 Å². The summed E-state index contributed by atoms with van der Waals surface area (Å²) in [6.07, 6.45) is -0.527. The van der Waals surface area contributed by atoms with Gasteiger partial charge in [-0.3, -0.25) is 0 Å². The Morgan fingerprint density at radius 2 is 2.24 bits per heavy atom. The second-order valence-electron chi connectivity index (χ2n) is 3.78. The minimum Gasteiger partial charge on any atom is -0.488 e. The molecule has 1 unspecified atom stereocenters. The van der Waals surface area contributed by atoms with Crippen molar-refractivity contribution in [2.45, 2.75) is 19.6 Å². The molecule has 90 valence electrons. The molecular weight excluding hydrogens is 300 g/mol. The summed E-state index contributed by atoms with van der Waals surface area (Å²) in [6, 6.07) is 7.69. The SMILES string of the molecule is CC(O)c1ccc(Br)cc1OCc1ccsc1. The molecule has 2 nitrogen and oxygen atoms in total. The maximum Gasteiger partial charge on any atom is 0.126 e. The Hall–Kier alpha value is -0.840. The molecule has 1 atom stereocenters. The van der Waals surface area contributed by atoms with Gasteiger partial charge in [0.2, 0.25) is 0 Å². The lowest BCUT2D eigenvalue weighted by Crippen LogP contribution is -2.00. The number of ether oxygens (including phenoxy) is 1. The maximum absolute atomic E-state index is 9.66. The van der Waals surface area contributed by atoms with Crippen LogP contribution < -0.4 is 4.74 Å². The molecule has 2 aromatic rings. The second-order valence-corrected chi connectivity index (χ2v) is 5.47. The van der Waals surface area contributed by atoms with Crippen LogP contribution in [-0.2, 0) is 6.61 Å². The molecule has 0 saturated carbocycles. The van der Waals surface area contributed by atoms with Crippen LogP contribution in [0.15, 0.2) is 39.5 Å². The molecule has 0 radical (unpaired) electrons. The lowest BCUT2D eigenvalue weighted by Gasteiger charge is -2.13. The van der Waals surface area contributed by atoms with Gasteiger partial charge in [-0.1, -0.05) is 22.0 Å². The van der Waals surface area contributed by atoms with Crippen LogP contribution in [0.1, 0.15) is 24.2 Å². The standard InChI is InChI=1S/C13H13BrO2S/c1-9(15)12-3-2-11(14)6-13(12)16-7-10-4-5-17-8-10/h2-6,8-9,15H,7H2,1H3. The van der Waals surface area contributed by atoms with Crippen LogP contribution in [0.4, 0.5) is 0 Å². The number of aliphatic hydroxyl groups excluding tert-OH is 1. The minimum absolute atomic E-state index is 0.527. The topological polar surface area (TPSA) is 29.5 Å². The zero-order valence-corrected chi connectivity index (χ0v) is 11.8. The van der Waals surface area contributed by atoms with Crippen LogP contribution in [0.5, 0.6) is 5.75 Å². The van der Waals surface area contributed by atoms with Crippen molar-refractivity contribution in [3.05, 3.63) is 50.6 Å². The smallest absolute Gasteiger partial charge is 0.126 e. The van der Waals surface area contributed by atoms with E-state index in [1.54, 1.807) is 18.3 Å². The van der Waals surface area contributed by atoms with Gasteiger partial charge in [-0.05, 0) is 41.4 Å². The van der Waals surface area contributed by atoms with Crippen molar-refractivity contribution >= 4 is 27.3 Å². The molecule has 0 fully saturated rings. The van der Waals surface area contributed by atoms with E-state index in [0.29, 0.717) is 6.61 Å². The number of benzene rings is 1. The molecule has 0 amide bonds. The average Bonchev–Trinajstić information content (AvgIpc) is 2.78. The third kappa shape index (κ3) is 3.31. The van der Waals surface area contributed by atoms with E-state index in [0.717, 1.165) is 21.3 Å². The van der Waals surface area contributed by atoms with Crippen LogP contribution in [0, 0.1) is 0 Å². The molecule has 2 rings (SSSR count). The fourth-order valence-electron chi connectivity index (χ4n) is 1.51. The molecule has 1 N–H and O–H groups in total. The first kappa shape index (κ1) is 12.6. The summed E-state index contributed by atoms with van der Waals surface area (Å²) in [5.41, 5.74) is 1.95. The summed E-state index contributed by atoms with van der Waals surface area (Å²) in [5.74, 6) is 0.723. The van der Waals surface area contributed by atoms with Gasteiger partial charge in [0.1, 0.15) is 12.4 Å². The van der Waals surface area contributed by atoms with Gasteiger partial charge in [-0.2, -0.15) is 11.3 Å². The summed E-state index contributed by atoms with van der Waals surface area (Å²) in [7, 11) is 0. The molecule has 0 spiro atoms.